The van der Waals surface area contributed by atoms with Crippen molar-refractivity contribution in [3.8, 4) is 0 Å². The third-order valence-electron chi connectivity index (χ3n) is 1.64. The first kappa shape index (κ1) is 8.49. The standard InChI is InChI=1S/C7H13NO3/c1-6(9)11-7-5-10-4-3-8(7)2/h7H,3-5H2,1-2H3. The molecule has 4 nitrogen and oxygen atoms in total. The van der Waals surface area contributed by atoms with Crippen LogP contribution in [0.1, 0.15) is 6.92 Å². The molecule has 0 amide bonds. The topological polar surface area (TPSA) is 38.8 Å². The second-order valence-corrected chi connectivity index (χ2v) is 2.62. The lowest BCUT2D eigenvalue weighted by atomic mass is 10.4. The number of hydrogen-bond donors (Lipinski definition) is 0. The molecule has 64 valence electrons. The largest absolute Gasteiger partial charge is 0.444 e. The van der Waals surface area contributed by atoms with Gasteiger partial charge < -0.3 is 9.47 Å². The minimum absolute atomic E-state index is 0.193. The van der Waals surface area contributed by atoms with E-state index in [2.05, 4.69) is 0 Å². The molecule has 0 spiro atoms. The van der Waals surface area contributed by atoms with Gasteiger partial charge in [-0.15, -0.1) is 0 Å². The van der Waals surface area contributed by atoms with E-state index in [1.807, 2.05) is 11.9 Å². The number of morpholine rings is 1. The number of likely N-dealkylation sites (N-methyl/N-ethyl adjacent to an activating group) is 1. The van der Waals surface area contributed by atoms with Crippen molar-refractivity contribution in [1.29, 1.82) is 0 Å². The Morgan fingerprint density at radius 1 is 1.73 bits per heavy atom. The van der Waals surface area contributed by atoms with Gasteiger partial charge in [-0.1, -0.05) is 0 Å². The molecule has 1 atom stereocenters. The van der Waals surface area contributed by atoms with Gasteiger partial charge in [-0.2, -0.15) is 0 Å². The Hall–Kier alpha value is -0.610. The van der Waals surface area contributed by atoms with Crippen LogP contribution in [0.4, 0.5) is 0 Å². The first-order valence-electron chi connectivity index (χ1n) is 3.65. The summed E-state index contributed by atoms with van der Waals surface area (Å²) in [6.45, 7) is 3.42. The molecule has 1 saturated heterocycles. The third-order valence-corrected chi connectivity index (χ3v) is 1.64. The SMILES string of the molecule is CC(=O)OC1COCCN1C. The van der Waals surface area contributed by atoms with Crippen LogP contribution in [0, 0.1) is 0 Å². The number of carbonyl (C=O) groups is 1. The van der Waals surface area contributed by atoms with E-state index in [0.717, 1.165) is 6.54 Å². The Kier molecular flexibility index (Phi) is 2.84. The van der Waals surface area contributed by atoms with Gasteiger partial charge in [0.2, 0.25) is 0 Å². The third kappa shape index (κ3) is 2.48. The number of nitrogens with zero attached hydrogens (tertiary/aromatic N) is 1. The molecule has 0 aliphatic carbocycles. The Balaban J connectivity index is 2.35. The van der Waals surface area contributed by atoms with Crippen LogP contribution in [-0.2, 0) is 14.3 Å². The molecule has 1 unspecified atom stereocenters. The molecule has 0 bridgehead atoms. The monoisotopic (exact) mass is 159 g/mol. The molecular formula is C7H13NO3. The summed E-state index contributed by atoms with van der Waals surface area (Å²) in [5.74, 6) is -0.257. The van der Waals surface area contributed by atoms with E-state index in [9.17, 15) is 4.79 Å². The van der Waals surface area contributed by atoms with Crippen molar-refractivity contribution >= 4 is 5.97 Å². The number of esters is 1. The number of hydrogen-bond acceptors (Lipinski definition) is 4. The van der Waals surface area contributed by atoms with Crippen molar-refractivity contribution in [2.75, 3.05) is 26.8 Å². The van der Waals surface area contributed by atoms with E-state index in [4.69, 9.17) is 9.47 Å². The highest BCUT2D eigenvalue weighted by Crippen LogP contribution is 2.04. The van der Waals surface area contributed by atoms with E-state index in [-0.39, 0.29) is 12.2 Å². The molecule has 11 heavy (non-hydrogen) atoms. The lowest BCUT2D eigenvalue weighted by Gasteiger charge is -2.31. The van der Waals surface area contributed by atoms with Crippen LogP contribution < -0.4 is 0 Å². The first-order valence-corrected chi connectivity index (χ1v) is 3.65. The maximum absolute atomic E-state index is 10.6. The van der Waals surface area contributed by atoms with Crippen LogP contribution in [0.15, 0.2) is 0 Å². The maximum Gasteiger partial charge on any atom is 0.304 e. The smallest absolute Gasteiger partial charge is 0.304 e. The highest BCUT2D eigenvalue weighted by atomic mass is 16.6. The molecular weight excluding hydrogens is 146 g/mol. The number of carbonyl (C=O) groups excluding carboxylic acids is 1. The van der Waals surface area contributed by atoms with E-state index in [1.165, 1.54) is 6.92 Å². The van der Waals surface area contributed by atoms with Crippen LogP contribution >= 0.6 is 0 Å². The summed E-state index contributed by atoms with van der Waals surface area (Å²) in [5, 5.41) is 0. The number of rotatable bonds is 1. The molecule has 1 fully saturated rings. The first-order chi connectivity index (χ1) is 5.20. The van der Waals surface area contributed by atoms with Crippen molar-refractivity contribution in [3.63, 3.8) is 0 Å². The Bertz CT molecular complexity index is 149. The zero-order chi connectivity index (χ0) is 8.27. The average Bonchev–Trinajstić information content (AvgIpc) is 1.93. The molecule has 1 heterocycles. The lowest BCUT2D eigenvalue weighted by Crippen LogP contribution is -2.45. The normalized spacial score (nSPS) is 26.5. The van der Waals surface area contributed by atoms with Crippen molar-refractivity contribution in [2.45, 2.75) is 13.2 Å². The Labute approximate surface area is 66.1 Å². The minimum atomic E-state index is -0.257. The molecule has 0 radical (unpaired) electrons. The molecule has 0 aromatic carbocycles. The van der Waals surface area contributed by atoms with Crippen molar-refractivity contribution in [1.82, 2.24) is 4.90 Å². The predicted molar refractivity (Wildman–Crippen MR) is 39.0 cm³/mol. The van der Waals surface area contributed by atoms with Crippen molar-refractivity contribution < 1.29 is 14.3 Å². The van der Waals surface area contributed by atoms with E-state index in [0.29, 0.717) is 13.2 Å². The van der Waals surface area contributed by atoms with Gasteiger partial charge in [0.15, 0.2) is 6.23 Å². The lowest BCUT2D eigenvalue weighted by molar-refractivity contribution is -0.169. The maximum atomic E-state index is 10.6. The van der Waals surface area contributed by atoms with Crippen molar-refractivity contribution in [3.05, 3.63) is 0 Å². The summed E-state index contributed by atoms with van der Waals surface area (Å²) in [4.78, 5) is 12.5. The average molecular weight is 159 g/mol. The van der Waals surface area contributed by atoms with Crippen LogP contribution in [0.3, 0.4) is 0 Å². The summed E-state index contributed by atoms with van der Waals surface area (Å²) in [6.07, 6.45) is -0.193. The highest BCUT2D eigenvalue weighted by molar-refractivity contribution is 5.66. The second kappa shape index (κ2) is 3.69. The Morgan fingerprint density at radius 2 is 2.45 bits per heavy atom. The highest BCUT2D eigenvalue weighted by Gasteiger charge is 2.21. The van der Waals surface area contributed by atoms with E-state index >= 15 is 0 Å². The second-order valence-electron chi connectivity index (χ2n) is 2.62. The Morgan fingerprint density at radius 3 is 3.00 bits per heavy atom. The summed E-state index contributed by atoms with van der Waals surface area (Å²) in [6, 6.07) is 0. The fraction of sp³-hybridized carbons (Fsp3) is 0.857. The van der Waals surface area contributed by atoms with Crippen LogP contribution in [0.25, 0.3) is 0 Å². The predicted octanol–water partition coefficient (Wildman–Crippen LogP) is -0.162. The van der Waals surface area contributed by atoms with Gasteiger partial charge in [0.25, 0.3) is 0 Å². The van der Waals surface area contributed by atoms with Gasteiger partial charge in [-0.25, -0.2) is 0 Å². The van der Waals surface area contributed by atoms with E-state index in [1.54, 1.807) is 0 Å². The van der Waals surface area contributed by atoms with Gasteiger partial charge in [0.1, 0.15) is 0 Å². The molecule has 4 heteroatoms. The van der Waals surface area contributed by atoms with Gasteiger partial charge in [0.05, 0.1) is 13.2 Å². The summed E-state index contributed by atoms with van der Waals surface area (Å²) >= 11 is 0. The zero-order valence-corrected chi connectivity index (χ0v) is 6.87. The molecule has 0 aromatic heterocycles. The van der Waals surface area contributed by atoms with Gasteiger partial charge >= 0.3 is 5.97 Å². The van der Waals surface area contributed by atoms with Gasteiger partial charge in [-0.05, 0) is 7.05 Å². The van der Waals surface area contributed by atoms with Gasteiger partial charge in [0, 0.05) is 13.5 Å². The van der Waals surface area contributed by atoms with E-state index < -0.39 is 0 Å². The van der Waals surface area contributed by atoms with Crippen LogP contribution in [-0.4, -0.2) is 43.9 Å². The van der Waals surface area contributed by atoms with Crippen molar-refractivity contribution in [2.24, 2.45) is 0 Å². The molecule has 1 rings (SSSR count). The molecule has 1 aliphatic rings. The number of ether oxygens (including phenoxy) is 2. The summed E-state index contributed by atoms with van der Waals surface area (Å²) < 4.78 is 10.1. The molecule has 1 aliphatic heterocycles. The van der Waals surface area contributed by atoms with Gasteiger partial charge in [-0.3, -0.25) is 9.69 Å². The van der Waals surface area contributed by atoms with Crippen LogP contribution in [0.2, 0.25) is 0 Å². The fourth-order valence-corrected chi connectivity index (χ4v) is 0.979. The van der Waals surface area contributed by atoms with Crippen LogP contribution in [0.5, 0.6) is 0 Å². The molecule has 0 aromatic rings. The minimum Gasteiger partial charge on any atom is -0.444 e. The quantitative estimate of drug-likeness (QED) is 0.498. The molecule has 0 N–H and O–H groups in total. The molecule has 0 saturated carbocycles. The zero-order valence-electron chi connectivity index (χ0n) is 6.87. The summed E-state index contributed by atoms with van der Waals surface area (Å²) in [5.41, 5.74) is 0. The fourth-order valence-electron chi connectivity index (χ4n) is 0.979. The summed E-state index contributed by atoms with van der Waals surface area (Å²) in [7, 11) is 1.91.